The molecular weight excluding hydrogens is 360 g/mol. The van der Waals surface area contributed by atoms with Crippen molar-refractivity contribution in [1.29, 1.82) is 0 Å². The SMILES string of the molecule is CCCCCCCCC1/C(=C\CCCCCC(=O)OC)C(=O)C2C3C=CC(C3)C12. The van der Waals surface area contributed by atoms with Crippen molar-refractivity contribution in [2.45, 2.75) is 90.4 Å². The van der Waals surface area contributed by atoms with Gasteiger partial charge < -0.3 is 4.74 Å². The lowest BCUT2D eigenvalue weighted by atomic mass is 9.78. The highest BCUT2D eigenvalue weighted by Gasteiger charge is 2.57. The van der Waals surface area contributed by atoms with Crippen LogP contribution in [0.5, 0.6) is 0 Å². The fourth-order valence-electron chi connectivity index (χ4n) is 6.06. The molecule has 0 amide bonds. The Morgan fingerprint density at radius 2 is 1.76 bits per heavy atom. The Hall–Kier alpha value is -1.38. The van der Waals surface area contributed by atoms with Gasteiger partial charge in [0, 0.05) is 12.3 Å². The second-order valence-electron chi connectivity index (χ2n) is 9.41. The zero-order valence-electron chi connectivity index (χ0n) is 18.5. The summed E-state index contributed by atoms with van der Waals surface area (Å²) >= 11 is 0. The van der Waals surface area contributed by atoms with Crippen molar-refractivity contribution in [3.8, 4) is 0 Å². The average Bonchev–Trinajstić information content (AvgIpc) is 3.41. The second-order valence-corrected chi connectivity index (χ2v) is 9.41. The van der Waals surface area contributed by atoms with Gasteiger partial charge >= 0.3 is 5.97 Å². The van der Waals surface area contributed by atoms with E-state index in [1.165, 1.54) is 64.0 Å². The van der Waals surface area contributed by atoms with E-state index in [1.54, 1.807) is 0 Å². The Balaban J connectivity index is 1.52. The number of fused-ring (bicyclic) bond motifs is 5. The summed E-state index contributed by atoms with van der Waals surface area (Å²) in [5.41, 5.74) is 1.17. The van der Waals surface area contributed by atoms with Crippen LogP contribution in [0, 0.1) is 29.6 Å². The van der Waals surface area contributed by atoms with Gasteiger partial charge in [-0.3, -0.25) is 9.59 Å². The molecule has 0 spiro atoms. The van der Waals surface area contributed by atoms with Gasteiger partial charge in [-0.15, -0.1) is 0 Å². The molecule has 0 heterocycles. The highest BCUT2D eigenvalue weighted by atomic mass is 16.5. The fourth-order valence-corrected chi connectivity index (χ4v) is 6.06. The minimum atomic E-state index is -0.121. The maximum absolute atomic E-state index is 13.2. The van der Waals surface area contributed by atoms with E-state index in [9.17, 15) is 9.59 Å². The van der Waals surface area contributed by atoms with Crippen LogP contribution in [-0.2, 0) is 14.3 Å². The molecule has 3 heteroatoms. The molecule has 3 nitrogen and oxygen atoms in total. The molecular formula is C26H40O3. The number of hydrogen-bond acceptors (Lipinski definition) is 3. The van der Waals surface area contributed by atoms with Crippen LogP contribution in [-0.4, -0.2) is 18.9 Å². The van der Waals surface area contributed by atoms with E-state index >= 15 is 0 Å². The zero-order valence-corrected chi connectivity index (χ0v) is 18.5. The molecule has 2 fully saturated rings. The Morgan fingerprint density at radius 3 is 2.55 bits per heavy atom. The Kier molecular flexibility index (Phi) is 8.56. The highest BCUT2D eigenvalue weighted by Crippen LogP contribution is 2.59. The lowest BCUT2D eigenvalue weighted by Crippen LogP contribution is -2.21. The molecule has 2 saturated carbocycles. The molecule has 0 aromatic heterocycles. The van der Waals surface area contributed by atoms with E-state index < -0.39 is 0 Å². The molecule has 2 bridgehead atoms. The molecule has 3 aliphatic rings. The molecule has 0 saturated heterocycles. The van der Waals surface area contributed by atoms with Crippen molar-refractivity contribution in [1.82, 2.24) is 0 Å². The monoisotopic (exact) mass is 400 g/mol. The molecule has 5 unspecified atom stereocenters. The highest BCUT2D eigenvalue weighted by molar-refractivity contribution is 6.01. The van der Waals surface area contributed by atoms with Crippen LogP contribution in [0.15, 0.2) is 23.8 Å². The summed E-state index contributed by atoms with van der Waals surface area (Å²) in [7, 11) is 1.45. The van der Waals surface area contributed by atoms with E-state index in [0.717, 1.165) is 25.7 Å². The van der Waals surface area contributed by atoms with Crippen molar-refractivity contribution in [2.24, 2.45) is 29.6 Å². The van der Waals surface area contributed by atoms with Crippen molar-refractivity contribution < 1.29 is 14.3 Å². The van der Waals surface area contributed by atoms with E-state index in [2.05, 4.69) is 25.2 Å². The summed E-state index contributed by atoms with van der Waals surface area (Å²) < 4.78 is 4.70. The van der Waals surface area contributed by atoms with Gasteiger partial charge in [0.2, 0.25) is 0 Å². The summed E-state index contributed by atoms with van der Waals surface area (Å²) in [6, 6.07) is 0. The van der Waals surface area contributed by atoms with Crippen LogP contribution >= 0.6 is 0 Å². The van der Waals surface area contributed by atoms with Crippen LogP contribution in [0.1, 0.15) is 90.4 Å². The second kappa shape index (κ2) is 11.1. The lowest BCUT2D eigenvalue weighted by molar-refractivity contribution is -0.140. The molecule has 29 heavy (non-hydrogen) atoms. The lowest BCUT2D eigenvalue weighted by Gasteiger charge is -2.25. The molecule has 3 rings (SSSR count). The number of unbranched alkanes of at least 4 members (excludes halogenated alkanes) is 8. The minimum absolute atomic E-state index is 0.121. The number of Topliss-reactive ketones (excluding diaryl/α,β-unsaturated/α-hetero) is 1. The summed E-state index contributed by atoms with van der Waals surface area (Å²) in [5, 5.41) is 0. The van der Waals surface area contributed by atoms with E-state index in [0.29, 0.717) is 35.9 Å². The fraction of sp³-hybridized carbons (Fsp3) is 0.769. The van der Waals surface area contributed by atoms with Crippen LogP contribution < -0.4 is 0 Å². The summed E-state index contributed by atoms with van der Waals surface area (Å²) in [5.74, 6) is 2.86. The molecule has 0 aliphatic heterocycles. The Labute approximate surface area is 177 Å². The number of methoxy groups -OCH3 is 1. The third kappa shape index (κ3) is 5.41. The van der Waals surface area contributed by atoms with Crippen LogP contribution in [0.3, 0.4) is 0 Å². The molecule has 0 N–H and O–H groups in total. The van der Waals surface area contributed by atoms with Gasteiger partial charge in [-0.05, 0) is 61.3 Å². The molecule has 5 atom stereocenters. The topological polar surface area (TPSA) is 43.4 Å². The molecule has 0 aromatic carbocycles. The zero-order chi connectivity index (χ0) is 20.6. The Morgan fingerprint density at radius 1 is 1.03 bits per heavy atom. The first-order valence-electron chi connectivity index (χ1n) is 12.2. The normalized spacial score (nSPS) is 31.0. The van der Waals surface area contributed by atoms with Gasteiger partial charge in [0.15, 0.2) is 5.78 Å². The van der Waals surface area contributed by atoms with Crippen molar-refractivity contribution in [2.75, 3.05) is 7.11 Å². The standard InChI is InChI=1S/C26H40O3/c1-3-4-5-6-7-10-13-21-22(14-11-8-9-12-15-23(27)29-2)26(28)25-20-17-16-19(18-20)24(21)25/h14,16-17,19-21,24-25H,3-13,15,18H2,1-2H3/b22-14+. The maximum atomic E-state index is 13.2. The van der Waals surface area contributed by atoms with Crippen LogP contribution in [0.2, 0.25) is 0 Å². The predicted molar refractivity (Wildman–Crippen MR) is 117 cm³/mol. The summed E-state index contributed by atoms with van der Waals surface area (Å²) in [6.45, 7) is 2.26. The number of carbonyl (C=O) groups is 2. The number of ketones is 1. The molecule has 162 valence electrons. The number of rotatable bonds is 13. The number of ether oxygens (including phenoxy) is 1. The average molecular weight is 401 g/mol. The van der Waals surface area contributed by atoms with E-state index in [1.807, 2.05) is 0 Å². The maximum Gasteiger partial charge on any atom is 0.305 e. The first kappa shape index (κ1) is 22.3. The van der Waals surface area contributed by atoms with E-state index in [-0.39, 0.29) is 11.9 Å². The molecule has 0 radical (unpaired) electrons. The van der Waals surface area contributed by atoms with Gasteiger partial charge in [0.1, 0.15) is 0 Å². The van der Waals surface area contributed by atoms with Crippen molar-refractivity contribution >= 4 is 11.8 Å². The number of hydrogen-bond donors (Lipinski definition) is 0. The van der Waals surface area contributed by atoms with Crippen molar-refractivity contribution in [3.05, 3.63) is 23.8 Å². The largest absolute Gasteiger partial charge is 0.469 e. The van der Waals surface area contributed by atoms with Gasteiger partial charge in [-0.2, -0.15) is 0 Å². The first-order chi connectivity index (χ1) is 14.2. The van der Waals surface area contributed by atoms with Gasteiger partial charge in [0.05, 0.1) is 7.11 Å². The molecule has 3 aliphatic carbocycles. The van der Waals surface area contributed by atoms with Crippen LogP contribution in [0.25, 0.3) is 0 Å². The Bertz CT molecular complexity index is 617. The molecule has 0 aromatic rings. The smallest absolute Gasteiger partial charge is 0.305 e. The third-order valence-corrected chi connectivity index (χ3v) is 7.52. The number of carbonyl (C=O) groups excluding carboxylic acids is 2. The summed E-state index contributed by atoms with van der Waals surface area (Å²) in [4.78, 5) is 24.5. The summed E-state index contributed by atoms with van der Waals surface area (Å²) in [6.07, 6.45) is 21.8. The van der Waals surface area contributed by atoms with Gasteiger partial charge in [-0.1, -0.05) is 70.1 Å². The van der Waals surface area contributed by atoms with Crippen LogP contribution in [0.4, 0.5) is 0 Å². The number of allylic oxidation sites excluding steroid dienone is 4. The van der Waals surface area contributed by atoms with Crippen molar-refractivity contribution in [3.63, 3.8) is 0 Å². The van der Waals surface area contributed by atoms with Gasteiger partial charge in [0.25, 0.3) is 0 Å². The predicted octanol–water partition coefficient (Wildman–Crippen LogP) is 6.42. The third-order valence-electron chi connectivity index (χ3n) is 7.52. The van der Waals surface area contributed by atoms with E-state index in [4.69, 9.17) is 4.74 Å². The minimum Gasteiger partial charge on any atom is -0.469 e. The van der Waals surface area contributed by atoms with Gasteiger partial charge in [-0.25, -0.2) is 0 Å². The number of esters is 1. The quantitative estimate of drug-likeness (QED) is 0.155. The first-order valence-corrected chi connectivity index (χ1v) is 12.2.